The molecular formula is C21H25N3O5S. The van der Waals surface area contributed by atoms with Crippen molar-refractivity contribution in [3.05, 3.63) is 54.1 Å². The van der Waals surface area contributed by atoms with E-state index < -0.39 is 16.0 Å². The number of sulfonamides is 1. The quantitative estimate of drug-likeness (QED) is 0.653. The zero-order valence-electron chi connectivity index (χ0n) is 16.8. The lowest BCUT2D eigenvalue weighted by Crippen LogP contribution is -2.35. The molecule has 1 aliphatic rings. The minimum atomic E-state index is -3.48. The van der Waals surface area contributed by atoms with Crippen LogP contribution in [0.25, 0.3) is 0 Å². The summed E-state index contributed by atoms with van der Waals surface area (Å²) in [5, 5.41) is 5.62. The number of ether oxygens (including phenoxy) is 1. The number of methoxy groups -OCH3 is 1. The van der Waals surface area contributed by atoms with Crippen LogP contribution >= 0.6 is 0 Å². The number of rotatable bonds is 7. The molecule has 1 saturated heterocycles. The third kappa shape index (κ3) is 5.17. The topological polar surface area (TPSA) is 105 Å². The number of carbonyl (C=O) groups is 2. The minimum absolute atomic E-state index is 0.0479. The van der Waals surface area contributed by atoms with Crippen LogP contribution in [0.2, 0.25) is 0 Å². The first-order valence-corrected chi connectivity index (χ1v) is 11.2. The Labute approximate surface area is 176 Å². The van der Waals surface area contributed by atoms with Crippen LogP contribution in [0.4, 0.5) is 11.4 Å². The summed E-state index contributed by atoms with van der Waals surface area (Å²) in [6.45, 7) is 1.05. The second kappa shape index (κ2) is 9.73. The fourth-order valence-electron chi connectivity index (χ4n) is 3.26. The Morgan fingerprint density at radius 2 is 1.67 bits per heavy atom. The molecule has 0 atom stereocenters. The smallest absolute Gasteiger partial charge is 0.339 e. The molecule has 1 heterocycles. The summed E-state index contributed by atoms with van der Waals surface area (Å²) >= 11 is 0. The van der Waals surface area contributed by atoms with Crippen molar-refractivity contribution in [2.45, 2.75) is 24.2 Å². The standard InChI is InChI=1S/C21H25N3O5S/c1-29-21(26)18-7-3-4-8-19(18)23-20(25)15-22-16-9-11-17(12-10-16)30(27,28)24-13-5-2-6-14-24/h3-4,7-12,22H,2,5-6,13-15H2,1H3,(H,23,25). The molecule has 0 unspecified atom stereocenters. The number of para-hydroxylation sites is 1. The first-order valence-electron chi connectivity index (χ1n) is 9.73. The van der Waals surface area contributed by atoms with E-state index in [1.807, 2.05) is 0 Å². The zero-order valence-corrected chi connectivity index (χ0v) is 17.6. The Hall–Kier alpha value is -2.91. The lowest BCUT2D eigenvalue weighted by molar-refractivity contribution is -0.114. The number of esters is 1. The van der Waals surface area contributed by atoms with E-state index in [0.717, 1.165) is 19.3 Å². The highest BCUT2D eigenvalue weighted by Crippen LogP contribution is 2.22. The Bertz CT molecular complexity index is 1000. The van der Waals surface area contributed by atoms with Crippen molar-refractivity contribution >= 4 is 33.3 Å². The van der Waals surface area contributed by atoms with E-state index >= 15 is 0 Å². The van der Waals surface area contributed by atoms with E-state index in [0.29, 0.717) is 24.5 Å². The van der Waals surface area contributed by atoms with E-state index in [9.17, 15) is 18.0 Å². The number of nitrogens with zero attached hydrogens (tertiary/aromatic N) is 1. The van der Waals surface area contributed by atoms with Crippen LogP contribution in [0.3, 0.4) is 0 Å². The first-order chi connectivity index (χ1) is 14.4. The third-order valence-electron chi connectivity index (χ3n) is 4.87. The number of hydrogen-bond acceptors (Lipinski definition) is 6. The number of hydrogen-bond donors (Lipinski definition) is 2. The van der Waals surface area contributed by atoms with E-state index in [4.69, 9.17) is 4.74 Å². The van der Waals surface area contributed by atoms with Crippen LogP contribution in [-0.4, -0.2) is 51.3 Å². The van der Waals surface area contributed by atoms with Crippen molar-refractivity contribution < 1.29 is 22.7 Å². The normalized spacial score (nSPS) is 14.7. The maximum atomic E-state index is 12.7. The second-order valence-corrected chi connectivity index (χ2v) is 8.87. The number of benzene rings is 2. The predicted molar refractivity (Wildman–Crippen MR) is 114 cm³/mol. The summed E-state index contributed by atoms with van der Waals surface area (Å²) in [5.74, 6) is -0.888. The Morgan fingerprint density at radius 1 is 1.00 bits per heavy atom. The van der Waals surface area contributed by atoms with Gasteiger partial charge in [-0.15, -0.1) is 0 Å². The lowest BCUT2D eigenvalue weighted by Gasteiger charge is -2.25. The fourth-order valence-corrected chi connectivity index (χ4v) is 4.77. The molecular weight excluding hydrogens is 406 g/mol. The molecule has 8 nitrogen and oxygen atoms in total. The van der Waals surface area contributed by atoms with Crippen molar-refractivity contribution in [1.29, 1.82) is 0 Å². The predicted octanol–water partition coefficient (Wildman–Crippen LogP) is 2.70. The van der Waals surface area contributed by atoms with Gasteiger partial charge in [0, 0.05) is 18.8 Å². The Balaban J connectivity index is 1.59. The van der Waals surface area contributed by atoms with E-state index in [1.165, 1.54) is 23.5 Å². The van der Waals surface area contributed by atoms with Gasteiger partial charge < -0.3 is 15.4 Å². The van der Waals surface area contributed by atoms with Gasteiger partial charge in [-0.1, -0.05) is 18.6 Å². The second-order valence-electron chi connectivity index (χ2n) is 6.93. The molecule has 160 valence electrons. The third-order valence-corrected chi connectivity index (χ3v) is 6.78. The van der Waals surface area contributed by atoms with Crippen LogP contribution < -0.4 is 10.6 Å². The van der Waals surface area contributed by atoms with Gasteiger partial charge in [-0.05, 0) is 49.2 Å². The van der Waals surface area contributed by atoms with Crippen molar-refractivity contribution in [1.82, 2.24) is 4.31 Å². The summed E-state index contributed by atoms with van der Waals surface area (Å²) in [6.07, 6.45) is 2.82. The summed E-state index contributed by atoms with van der Waals surface area (Å²) < 4.78 is 31.6. The number of amides is 1. The van der Waals surface area contributed by atoms with Crippen LogP contribution in [0, 0.1) is 0 Å². The molecule has 0 saturated carbocycles. The molecule has 0 spiro atoms. The Morgan fingerprint density at radius 3 is 2.33 bits per heavy atom. The van der Waals surface area contributed by atoms with E-state index in [2.05, 4.69) is 10.6 Å². The van der Waals surface area contributed by atoms with Crippen molar-refractivity contribution in [2.24, 2.45) is 0 Å². The molecule has 0 aromatic heterocycles. The molecule has 0 aliphatic carbocycles. The lowest BCUT2D eigenvalue weighted by atomic mass is 10.2. The highest BCUT2D eigenvalue weighted by atomic mass is 32.2. The van der Waals surface area contributed by atoms with Crippen molar-refractivity contribution in [3.63, 3.8) is 0 Å². The molecule has 1 fully saturated rings. The van der Waals surface area contributed by atoms with Gasteiger partial charge in [-0.3, -0.25) is 4.79 Å². The first kappa shape index (κ1) is 21.8. The average molecular weight is 432 g/mol. The van der Waals surface area contributed by atoms with Gasteiger partial charge in [0.2, 0.25) is 15.9 Å². The zero-order chi connectivity index (χ0) is 21.6. The van der Waals surface area contributed by atoms with Gasteiger partial charge >= 0.3 is 5.97 Å². The maximum Gasteiger partial charge on any atom is 0.339 e. The molecule has 9 heteroatoms. The SMILES string of the molecule is COC(=O)c1ccccc1NC(=O)CNc1ccc(S(=O)(=O)N2CCCCC2)cc1. The Kier molecular flexibility index (Phi) is 7.07. The molecule has 1 amide bonds. The van der Waals surface area contributed by atoms with E-state index in [1.54, 1.807) is 36.4 Å². The molecule has 0 radical (unpaired) electrons. The van der Waals surface area contributed by atoms with Crippen LogP contribution in [0.5, 0.6) is 0 Å². The van der Waals surface area contributed by atoms with Gasteiger partial charge in [-0.2, -0.15) is 4.31 Å². The number of piperidine rings is 1. The maximum absolute atomic E-state index is 12.7. The molecule has 1 aliphatic heterocycles. The summed E-state index contributed by atoms with van der Waals surface area (Å²) in [4.78, 5) is 24.3. The van der Waals surface area contributed by atoms with Gasteiger partial charge in [0.25, 0.3) is 0 Å². The molecule has 30 heavy (non-hydrogen) atoms. The minimum Gasteiger partial charge on any atom is -0.465 e. The highest BCUT2D eigenvalue weighted by Gasteiger charge is 2.25. The van der Waals surface area contributed by atoms with Gasteiger partial charge in [0.15, 0.2) is 0 Å². The monoisotopic (exact) mass is 431 g/mol. The average Bonchev–Trinajstić information content (AvgIpc) is 2.78. The summed E-state index contributed by atoms with van der Waals surface area (Å²) in [6, 6.07) is 12.9. The highest BCUT2D eigenvalue weighted by molar-refractivity contribution is 7.89. The van der Waals surface area contributed by atoms with Crippen LogP contribution in [0.15, 0.2) is 53.4 Å². The van der Waals surface area contributed by atoms with Crippen LogP contribution in [-0.2, 0) is 19.6 Å². The largest absolute Gasteiger partial charge is 0.465 e. The van der Waals surface area contributed by atoms with Gasteiger partial charge in [0.05, 0.1) is 29.8 Å². The van der Waals surface area contributed by atoms with Gasteiger partial charge in [-0.25, -0.2) is 13.2 Å². The van der Waals surface area contributed by atoms with Crippen LogP contribution in [0.1, 0.15) is 29.6 Å². The number of anilines is 2. The number of nitrogens with one attached hydrogen (secondary N) is 2. The molecule has 2 aromatic carbocycles. The van der Waals surface area contributed by atoms with Crippen molar-refractivity contribution in [2.75, 3.05) is 37.4 Å². The van der Waals surface area contributed by atoms with E-state index in [-0.39, 0.29) is 22.9 Å². The summed E-state index contributed by atoms with van der Waals surface area (Å²) in [7, 11) is -2.21. The van der Waals surface area contributed by atoms with Gasteiger partial charge in [0.1, 0.15) is 0 Å². The molecule has 2 N–H and O–H groups in total. The number of carbonyl (C=O) groups excluding carboxylic acids is 2. The summed E-state index contributed by atoms with van der Waals surface area (Å²) in [5.41, 5.74) is 1.24. The van der Waals surface area contributed by atoms with Crippen molar-refractivity contribution in [3.8, 4) is 0 Å². The molecule has 0 bridgehead atoms. The molecule has 2 aromatic rings. The fraction of sp³-hybridized carbons (Fsp3) is 0.333. The molecule has 3 rings (SSSR count).